The summed E-state index contributed by atoms with van der Waals surface area (Å²) in [5.41, 5.74) is -3.06. The van der Waals surface area contributed by atoms with E-state index >= 15 is 0 Å². The quantitative estimate of drug-likeness (QED) is 0.230. The van der Waals surface area contributed by atoms with Gasteiger partial charge in [0.1, 0.15) is 0 Å². The molecule has 0 fully saturated rings. The number of carboxylic acids is 2. The number of carbonyl (C=O) groups excluding carboxylic acids is 2. The second-order valence-corrected chi connectivity index (χ2v) is 8.07. The Morgan fingerprint density at radius 3 is 1.69 bits per heavy atom. The molecule has 0 aliphatic heterocycles. The molecule has 0 radical (unpaired) electrons. The van der Waals surface area contributed by atoms with Crippen molar-refractivity contribution in [3.8, 4) is 0 Å². The lowest BCUT2D eigenvalue weighted by atomic mass is 9.77. The summed E-state index contributed by atoms with van der Waals surface area (Å²) in [5, 5.41) is 28.9. The van der Waals surface area contributed by atoms with E-state index < -0.39 is 42.0 Å². The molecule has 0 aromatic heterocycles. The van der Waals surface area contributed by atoms with Gasteiger partial charge in [-0.2, -0.15) is 0 Å². The molecule has 8 heteroatoms. The Labute approximate surface area is 201 Å². The van der Waals surface area contributed by atoms with Crippen LogP contribution in [0.15, 0.2) is 84.9 Å². The average molecular weight is 476 g/mol. The van der Waals surface area contributed by atoms with Crippen LogP contribution in [0.2, 0.25) is 0 Å². The van der Waals surface area contributed by atoms with Gasteiger partial charge in [0.2, 0.25) is 0 Å². The van der Waals surface area contributed by atoms with Crippen LogP contribution < -0.4 is 0 Å². The van der Waals surface area contributed by atoms with E-state index in [2.05, 4.69) is 0 Å². The van der Waals surface area contributed by atoms with Gasteiger partial charge in [0.05, 0.1) is 12.8 Å². The average Bonchev–Trinajstić information content (AvgIpc) is 2.83. The molecule has 8 nitrogen and oxygen atoms in total. The van der Waals surface area contributed by atoms with Crippen molar-refractivity contribution in [1.82, 2.24) is 0 Å². The molecule has 0 heterocycles. The number of ketones is 1. The Bertz CT molecular complexity index is 1200. The summed E-state index contributed by atoms with van der Waals surface area (Å²) in [5.74, 6) is -4.92. The highest BCUT2D eigenvalue weighted by Crippen LogP contribution is 2.42. The van der Waals surface area contributed by atoms with Crippen LogP contribution in [0.3, 0.4) is 0 Å². The zero-order valence-electron chi connectivity index (χ0n) is 18.9. The molecular weight excluding hydrogens is 452 g/mol. The third kappa shape index (κ3) is 5.28. The number of hydrogen-bond donors (Lipinski definition) is 3. The van der Waals surface area contributed by atoms with Crippen LogP contribution in [0, 0.1) is 0 Å². The number of carbonyl (C=O) groups is 4. The van der Waals surface area contributed by atoms with Gasteiger partial charge >= 0.3 is 17.9 Å². The predicted molar refractivity (Wildman–Crippen MR) is 125 cm³/mol. The van der Waals surface area contributed by atoms with Gasteiger partial charge in [-0.15, -0.1) is 0 Å². The molecule has 0 aliphatic rings. The predicted octanol–water partition coefficient (Wildman–Crippen LogP) is 3.40. The maximum Gasteiger partial charge on any atom is 0.336 e. The zero-order valence-corrected chi connectivity index (χ0v) is 18.9. The summed E-state index contributed by atoms with van der Waals surface area (Å²) in [6.07, 6.45) is -2.33. The van der Waals surface area contributed by atoms with Crippen LogP contribution in [0.4, 0.5) is 0 Å². The van der Waals surface area contributed by atoms with Gasteiger partial charge in [-0.1, -0.05) is 84.9 Å². The Morgan fingerprint density at radius 2 is 1.23 bits per heavy atom. The molecular formula is C27H24O8. The fraction of sp³-hybridized carbons (Fsp3) is 0.185. The molecule has 3 N–H and O–H groups in total. The number of carboxylic acid groups (broad SMARTS) is 2. The number of rotatable bonds is 10. The Balaban J connectivity index is 2.26. The molecule has 0 spiro atoms. The van der Waals surface area contributed by atoms with Gasteiger partial charge in [0, 0.05) is 22.3 Å². The molecule has 3 rings (SSSR count). The topological polar surface area (TPSA) is 138 Å². The Kier molecular flexibility index (Phi) is 7.46. The van der Waals surface area contributed by atoms with E-state index in [0.29, 0.717) is 16.7 Å². The van der Waals surface area contributed by atoms with Crippen LogP contribution in [-0.2, 0) is 24.7 Å². The maximum atomic E-state index is 13.2. The van der Waals surface area contributed by atoms with E-state index in [1.807, 2.05) is 0 Å². The molecule has 3 aromatic rings. The van der Waals surface area contributed by atoms with Gasteiger partial charge in [0.25, 0.3) is 0 Å². The van der Waals surface area contributed by atoms with Crippen molar-refractivity contribution in [3.05, 3.63) is 107 Å². The highest BCUT2D eigenvalue weighted by atomic mass is 16.6. The molecule has 0 aliphatic carbocycles. The first-order chi connectivity index (χ1) is 16.6. The van der Waals surface area contributed by atoms with Crippen molar-refractivity contribution in [2.45, 2.75) is 31.0 Å². The summed E-state index contributed by atoms with van der Waals surface area (Å²) in [6, 6.07) is 23.7. The minimum atomic E-state index is -2.89. The van der Waals surface area contributed by atoms with Crippen LogP contribution in [-0.4, -0.2) is 44.6 Å². The molecule has 0 amide bonds. The van der Waals surface area contributed by atoms with Crippen LogP contribution in [0.25, 0.3) is 0 Å². The molecule has 35 heavy (non-hydrogen) atoms. The van der Waals surface area contributed by atoms with E-state index in [1.165, 1.54) is 6.92 Å². The molecule has 1 unspecified atom stereocenters. The van der Waals surface area contributed by atoms with Crippen molar-refractivity contribution >= 4 is 23.7 Å². The third-order valence-electron chi connectivity index (χ3n) is 5.59. The molecule has 180 valence electrons. The number of ether oxygens (including phenoxy) is 1. The Morgan fingerprint density at radius 1 is 0.743 bits per heavy atom. The highest BCUT2D eigenvalue weighted by molar-refractivity contribution is 5.96. The second kappa shape index (κ2) is 10.3. The normalized spacial score (nSPS) is 12.9. The summed E-state index contributed by atoms with van der Waals surface area (Å²) >= 11 is 0. The lowest BCUT2D eigenvalue weighted by Crippen LogP contribution is -2.45. The zero-order chi connectivity index (χ0) is 25.6. The van der Waals surface area contributed by atoms with Gasteiger partial charge in [-0.25, -0.2) is 4.79 Å². The van der Waals surface area contributed by atoms with Gasteiger partial charge in [-0.3, -0.25) is 14.4 Å². The van der Waals surface area contributed by atoms with Crippen molar-refractivity contribution < 1.29 is 39.2 Å². The lowest BCUT2D eigenvalue weighted by molar-refractivity contribution is -0.175. The van der Waals surface area contributed by atoms with Crippen molar-refractivity contribution in [2.24, 2.45) is 0 Å². The summed E-state index contributed by atoms with van der Waals surface area (Å²) in [4.78, 5) is 48.6. The molecule has 0 saturated carbocycles. The SMILES string of the molecule is CC(=O)c1ccccc1C(OC(=O)CC(O)(CC(=O)O)C(=O)O)(c1ccccc1)c1ccccc1. The fourth-order valence-electron chi connectivity index (χ4n) is 4.00. The molecule has 0 bridgehead atoms. The summed E-state index contributed by atoms with van der Waals surface area (Å²) < 4.78 is 6.01. The number of hydrogen-bond acceptors (Lipinski definition) is 6. The number of esters is 1. The van der Waals surface area contributed by atoms with Gasteiger partial charge in [-0.05, 0) is 6.92 Å². The summed E-state index contributed by atoms with van der Waals surface area (Å²) in [7, 11) is 0. The number of aliphatic carboxylic acids is 2. The standard InChI is InChI=1S/C27H24O8/c1-18(28)21-14-8-9-15-22(21)27(19-10-4-2-5-11-19,20-12-6-3-7-13-20)35-24(31)17-26(34,25(32)33)16-23(29)30/h2-15,34H,16-17H2,1H3,(H,29,30)(H,32,33). The fourth-order valence-corrected chi connectivity index (χ4v) is 4.00. The van der Waals surface area contributed by atoms with Crippen molar-refractivity contribution in [2.75, 3.05) is 0 Å². The third-order valence-corrected chi connectivity index (χ3v) is 5.59. The number of aliphatic hydroxyl groups is 1. The number of benzene rings is 3. The minimum absolute atomic E-state index is 0.270. The van der Waals surface area contributed by atoms with E-state index in [0.717, 1.165) is 0 Å². The summed E-state index contributed by atoms with van der Waals surface area (Å²) in [6.45, 7) is 1.37. The first kappa shape index (κ1) is 25.3. The van der Waals surface area contributed by atoms with E-state index in [9.17, 15) is 29.4 Å². The van der Waals surface area contributed by atoms with E-state index in [-0.39, 0.29) is 11.3 Å². The monoisotopic (exact) mass is 476 g/mol. The van der Waals surface area contributed by atoms with Crippen molar-refractivity contribution in [1.29, 1.82) is 0 Å². The van der Waals surface area contributed by atoms with E-state index in [1.54, 1.807) is 84.9 Å². The lowest BCUT2D eigenvalue weighted by Gasteiger charge is -2.37. The van der Waals surface area contributed by atoms with Gasteiger partial charge in [0.15, 0.2) is 17.0 Å². The van der Waals surface area contributed by atoms with Crippen LogP contribution >= 0.6 is 0 Å². The van der Waals surface area contributed by atoms with Crippen LogP contribution in [0.1, 0.15) is 46.8 Å². The molecule has 0 saturated heterocycles. The molecule has 3 aromatic carbocycles. The van der Waals surface area contributed by atoms with Crippen molar-refractivity contribution in [3.63, 3.8) is 0 Å². The highest BCUT2D eigenvalue weighted by Gasteiger charge is 2.46. The van der Waals surface area contributed by atoms with Crippen LogP contribution in [0.5, 0.6) is 0 Å². The maximum absolute atomic E-state index is 13.2. The molecule has 1 atom stereocenters. The smallest absolute Gasteiger partial charge is 0.336 e. The first-order valence-electron chi connectivity index (χ1n) is 10.7. The minimum Gasteiger partial charge on any atom is -0.481 e. The van der Waals surface area contributed by atoms with Gasteiger partial charge < -0.3 is 20.1 Å². The number of Topliss-reactive ketones (excluding diaryl/α,β-unsaturated/α-hetero) is 1. The largest absolute Gasteiger partial charge is 0.481 e. The van der Waals surface area contributed by atoms with E-state index in [4.69, 9.17) is 9.84 Å². The first-order valence-corrected chi connectivity index (χ1v) is 10.7. The second-order valence-electron chi connectivity index (χ2n) is 8.07. The Hall–Kier alpha value is -4.30.